The largest absolute Gasteiger partial charge is 0.366 e. The second-order valence-corrected chi connectivity index (χ2v) is 4.15. The predicted octanol–water partition coefficient (Wildman–Crippen LogP) is 1.53. The second-order valence-electron chi connectivity index (χ2n) is 4.15. The molecule has 0 saturated heterocycles. The van der Waals surface area contributed by atoms with E-state index in [0.29, 0.717) is 0 Å². The van der Waals surface area contributed by atoms with Crippen LogP contribution in [0.25, 0.3) is 12.2 Å². The first-order valence-corrected chi connectivity index (χ1v) is 5.68. The molecule has 1 atom stereocenters. The molecular weight excluding hydrogens is 196 g/mol. The van der Waals surface area contributed by atoms with Crippen molar-refractivity contribution in [2.45, 2.75) is 12.5 Å². The van der Waals surface area contributed by atoms with Crippen LogP contribution in [0.5, 0.6) is 0 Å². The summed E-state index contributed by atoms with van der Waals surface area (Å²) in [6, 6.07) is 8.48. The van der Waals surface area contributed by atoms with Crippen molar-refractivity contribution in [1.82, 2.24) is 0 Å². The van der Waals surface area contributed by atoms with Gasteiger partial charge in [0.05, 0.1) is 12.7 Å². The summed E-state index contributed by atoms with van der Waals surface area (Å²) in [5.74, 6) is 0. The highest BCUT2D eigenvalue weighted by molar-refractivity contribution is 5.56. The highest BCUT2D eigenvalue weighted by Gasteiger charge is 2.07. The van der Waals surface area contributed by atoms with Gasteiger partial charge in [0, 0.05) is 0 Å². The molecule has 0 bridgehead atoms. The van der Waals surface area contributed by atoms with Gasteiger partial charge >= 0.3 is 0 Å². The highest BCUT2D eigenvalue weighted by atomic mass is 16.5. The quantitative estimate of drug-likeness (QED) is 0.639. The van der Waals surface area contributed by atoms with E-state index in [-0.39, 0.29) is 6.10 Å². The summed E-state index contributed by atoms with van der Waals surface area (Å²) in [4.78, 5) is 0. The fourth-order valence-electron chi connectivity index (χ4n) is 2.16. The van der Waals surface area contributed by atoms with Crippen LogP contribution in [0.15, 0.2) is 48.1 Å². The number of allylic oxidation sites excluding steroid dienone is 1. The Hall–Kier alpha value is -1.60. The molecule has 0 N–H and O–H groups in total. The minimum absolute atomic E-state index is 0.171. The standard InChI is InChI=1S/C15H14O/c1-2-5-14-10-12(7-8-13(14)4-1)11-15-6-3-9-16-15/h1-6,8,10-11,15H,7,9H2. The van der Waals surface area contributed by atoms with Crippen LogP contribution in [0, 0.1) is 0 Å². The van der Waals surface area contributed by atoms with E-state index in [0.717, 1.165) is 13.0 Å². The molecule has 1 nitrogen and oxygen atoms in total. The van der Waals surface area contributed by atoms with E-state index in [1.54, 1.807) is 0 Å². The minimum atomic E-state index is 0.171. The Kier molecular flexibility index (Phi) is 2.47. The molecule has 1 aromatic rings. The molecule has 3 rings (SSSR count). The predicted molar refractivity (Wildman–Crippen MR) is 66.2 cm³/mol. The van der Waals surface area contributed by atoms with Crippen molar-refractivity contribution in [2.24, 2.45) is 0 Å². The van der Waals surface area contributed by atoms with Crippen LogP contribution in [-0.2, 0) is 4.74 Å². The molecule has 1 aromatic carbocycles. The fraction of sp³-hybridized carbons (Fsp3) is 0.200. The molecule has 16 heavy (non-hydrogen) atoms. The monoisotopic (exact) mass is 210 g/mol. The van der Waals surface area contributed by atoms with Crippen molar-refractivity contribution in [1.29, 1.82) is 0 Å². The molecule has 2 aliphatic rings. The summed E-state index contributed by atoms with van der Waals surface area (Å²) < 4.78 is 5.52. The van der Waals surface area contributed by atoms with E-state index in [9.17, 15) is 0 Å². The van der Waals surface area contributed by atoms with Crippen LogP contribution in [0.1, 0.15) is 6.42 Å². The third-order valence-electron chi connectivity index (χ3n) is 2.98. The Bertz CT molecular complexity index is 563. The normalized spacial score (nSPS) is 25.0. The van der Waals surface area contributed by atoms with Gasteiger partial charge in [-0.1, -0.05) is 48.6 Å². The first kappa shape index (κ1) is 9.61. The molecule has 1 aliphatic carbocycles. The number of hydrogen-bond donors (Lipinski definition) is 0. The maximum absolute atomic E-state index is 5.52. The number of hydrogen-bond acceptors (Lipinski definition) is 1. The van der Waals surface area contributed by atoms with Gasteiger partial charge in [-0.3, -0.25) is 0 Å². The molecule has 0 radical (unpaired) electrons. The lowest BCUT2D eigenvalue weighted by molar-refractivity contribution is 0.161. The van der Waals surface area contributed by atoms with Gasteiger partial charge in [-0.25, -0.2) is 0 Å². The number of fused-ring (bicyclic) bond motifs is 1. The first-order valence-electron chi connectivity index (χ1n) is 5.68. The molecular formula is C15H14O. The van der Waals surface area contributed by atoms with Gasteiger partial charge in [-0.05, 0) is 28.5 Å². The van der Waals surface area contributed by atoms with E-state index in [4.69, 9.17) is 4.74 Å². The summed E-state index contributed by atoms with van der Waals surface area (Å²) in [6.07, 6.45) is 12.1. The lowest BCUT2D eigenvalue weighted by atomic mass is 10.0. The maximum atomic E-state index is 5.52. The van der Waals surface area contributed by atoms with Crippen LogP contribution >= 0.6 is 0 Å². The third kappa shape index (κ3) is 1.86. The van der Waals surface area contributed by atoms with Crippen molar-refractivity contribution in [2.75, 3.05) is 6.61 Å². The Morgan fingerprint density at radius 3 is 2.88 bits per heavy atom. The van der Waals surface area contributed by atoms with Gasteiger partial charge < -0.3 is 4.74 Å². The third-order valence-corrected chi connectivity index (χ3v) is 2.98. The molecule has 0 aromatic heterocycles. The van der Waals surface area contributed by atoms with Gasteiger partial charge in [0.15, 0.2) is 0 Å². The molecule has 1 heteroatoms. The average molecular weight is 210 g/mol. The van der Waals surface area contributed by atoms with Crippen molar-refractivity contribution < 1.29 is 4.74 Å². The summed E-state index contributed by atoms with van der Waals surface area (Å²) >= 11 is 0. The SMILES string of the molecule is C1=CC(C=C2C=c3ccccc3=CC2)OC1. The Labute approximate surface area is 95.1 Å². The zero-order valence-corrected chi connectivity index (χ0v) is 9.10. The molecule has 80 valence electrons. The molecule has 0 saturated carbocycles. The summed E-state index contributed by atoms with van der Waals surface area (Å²) in [5, 5.41) is 2.64. The Morgan fingerprint density at radius 1 is 1.19 bits per heavy atom. The molecule has 0 spiro atoms. The Morgan fingerprint density at radius 2 is 2.06 bits per heavy atom. The molecule has 1 unspecified atom stereocenters. The molecule has 0 amide bonds. The Balaban J connectivity index is 1.97. The van der Waals surface area contributed by atoms with E-state index in [2.05, 4.69) is 54.6 Å². The van der Waals surface area contributed by atoms with Gasteiger partial charge in [0.25, 0.3) is 0 Å². The molecule has 1 aliphatic heterocycles. The number of ether oxygens (including phenoxy) is 1. The first-order chi connectivity index (χ1) is 7.92. The van der Waals surface area contributed by atoms with E-state index in [1.165, 1.54) is 16.0 Å². The van der Waals surface area contributed by atoms with Crippen molar-refractivity contribution >= 4 is 12.2 Å². The molecule has 0 fully saturated rings. The van der Waals surface area contributed by atoms with E-state index in [1.807, 2.05) is 0 Å². The van der Waals surface area contributed by atoms with Crippen LogP contribution in [0.2, 0.25) is 0 Å². The number of benzene rings is 1. The lowest BCUT2D eigenvalue weighted by Gasteiger charge is -2.08. The lowest BCUT2D eigenvalue weighted by Crippen LogP contribution is -2.26. The van der Waals surface area contributed by atoms with Crippen LogP contribution in [-0.4, -0.2) is 12.7 Å². The number of rotatable bonds is 1. The van der Waals surface area contributed by atoms with Gasteiger partial charge in [0.1, 0.15) is 0 Å². The van der Waals surface area contributed by atoms with Crippen LogP contribution < -0.4 is 10.4 Å². The topological polar surface area (TPSA) is 9.23 Å². The van der Waals surface area contributed by atoms with Gasteiger partial charge in [-0.15, -0.1) is 0 Å². The van der Waals surface area contributed by atoms with E-state index < -0.39 is 0 Å². The smallest absolute Gasteiger partial charge is 0.0948 e. The average Bonchev–Trinajstić information content (AvgIpc) is 2.82. The summed E-state index contributed by atoms with van der Waals surface area (Å²) in [7, 11) is 0. The van der Waals surface area contributed by atoms with Crippen molar-refractivity contribution in [3.8, 4) is 0 Å². The fourth-order valence-corrected chi connectivity index (χ4v) is 2.16. The van der Waals surface area contributed by atoms with Gasteiger partial charge in [-0.2, -0.15) is 0 Å². The summed E-state index contributed by atoms with van der Waals surface area (Å²) in [5.41, 5.74) is 1.34. The van der Waals surface area contributed by atoms with Gasteiger partial charge in [0.2, 0.25) is 0 Å². The summed E-state index contributed by atoms with van der Waals surface area (Å²) in [6.45, 7) is 0.745. The van der Waals surface area contributed by atoms with Crippen molar-refractivity contribution in [3.63, 3.8) is 0 Å². The highest BCUT2D eigenvalue weighted by Crippen LogP contribution is 2.13. The van der Waals surface area contributed by atoms with Crippen LogP contribution in [0.3, 0.4) is 0 Å². The zero-order chi connectivity index (χ0) is 10.8. The second kappa shape index (κ2) is 4.11. The van der Waals surface area contributed by atoms with E-state index >= 15 is 0 Å². The van der Waals surface area contributed by atoms with Crippen LogP contribution in [0.4, 0.5) is 0 Å². The zero-order valence-electron chi connectivity index (χ0n) is 9.10. The molecule has 1 heterocycles. The maximum Gasteiger partial charge on any atom is 0.0948 e. The minimum Gasteiger partial charge on any atom is -0.366 e. The van der Waals surface area contributed by atoms with Crippen molar-refractivity contribution in [3.05, 3.63) is 58.5 Å².